The van der Waals surface area contributed by atoms with Crippen LogP contribution in [-0.2, 0) is 16.0 Å². The number of hydrogen-bond donors (Lipinski definition) is 0. The van der Waals surface area contributed by atoms with Crippen molar-refractivity contribution in [2.75, 3.05) is 20.3 Å². The first-order valence-corrected chi connectivity index (χ1v) is 6.34. The van der Waals surface area contributed by atoms with Crippen molar-refractivity contribution in [1.29, 1.82) is 0 Å². The Hall–Kier alpha value is -1.35. The first kappa shape index (κ1) is 13.1. The fourth-order valence-corrected chi connectivity index (χ4v) is 2.53. The summed E-state index contributed by atoms with van der Waals surface area (Å²) in [6.07, 6.45) is 2.88. The molecule has 1 aliphatic rings. The molecule has 0 spiro atoms. The summed E-state index contributed by atoms with van der Waals surface area (Å²) in [7, 11) is 1.66. The zero-order chi connectivity index (χ0) is 13.0. The van der Waals surface area contributed by atoms with Crippen LogP contribution in [0, 0.1) is 11.3 Å². The highest BCUT2D eigenvalue weighted by Crippen LogP contribution is 2.37. The lowest BCUT2D eigenvalue weighted by atomic mass is 9.70. The van der Waals surface area contributed by atoms with Crippen LogP contribution in [-0.4, -0.2) is 26.6 Å². The topological polar surface area (TPSA) is 35.5 Å². The number of hydrogen-bond acceptors (Lipinski definition) is 3. The molecule has 0 aromatic heterocycles. The molecular weight excluding hydrogens is 228 g/mol. The molecule has 98 valence electrons. The van der Waals surface area contributed by atoms with Crippen molar-refractivity contribution in [2.24, 2.45) is 11.3 Å². The zero-order valence-electron chi connectivity index (χ0n) is 11.0. The molecule has 3 heteroatoms. The monoisotopic (exact) mass is 248 g/mol. The Kier molecular flexibility index (Phi) is 4.02. The molecule has 1 fully saturated rings. The number of benzene rings is 1. The van der Waals surface area contributed by atoms with Gasteiger partial charge in [-0.25, -0.2) is 0 Å². The summed E-state index contributed by atoms with van der Waals surface area (Å²) < 4.78 is 10.5. The summed E-state index contributed by atoms with van der Waals surface area (Å²) in [5.41, 5.74) is 1.25. The molecule has 2 atom stereocenters. The van der Waals surface area contributed by atoms with Crippen molar-refractivity contribution in [3.8, 4) is 5.75 Å². The normalized spacial score (nSPS) is 27.8. The lowest BCUT2D eigenvalue weighted by molar-refractivity contribution is -0.122. The zero-order valence-corrected chi connectivity index (χ0v) is 11.0. The summed E-state index contributed by atoms with van der Waals surface area (Å²) >= 11 is 0. The fourth-order valence-electron chi connectivity index (χ4n) is 2.53. The first-order chi connectivity index (χ1) is 8.68. The number of carbonyl (C=O) groups excluding carboxylic acids is 1. The van der Waals surface area contributed by atoms with Crippen LogP contribution in [0.3, 0.4) is 0 Å². The Morgan fingerprint density at radius 2 is 2.17 bits per heavy atom. The molecule has 1 heterocycles. The van der Waals surface area contributed by atoms with Crippen molar-refractivity contribution < 1.29 is 14.3 Å². The Bertz CT molecular complexity index is 399. The SMILES string of the molecule is COc1ccc(CC2(C)CCOCC2C=O)cc1. The molecule has 1 saturated heterocycles. The van der Waals surface area contributed by atoms with Crippen LogP contribution < -0.4 is 4.74 Å². The molecule has 0 saturated carbocycles. The highest BCUT2D eigenvalue weighted by atomic mass is 16.5. The van der Waals surface area contributed by atoms with E-state index in [4.69, 9.17) is 9.47 Å². The minimum absolute atomic E-state index is 0.00616. The molecule has 1 aliphatic heterocycles. The van der Waals surface area contributed by atoms with E-state index < -0.39 is 0 Å². The lowest BCUT2D eigenvalue weighted by Crippen LogP contribution is -2.39. The van der Waals surface area contributed by atoms with Gasteiger partial charge < -0.3 is 14.3 Å². The van der Waals surface area contributed by atoms with Crippen molar-refractivity contribution in [2.45, 2.75) is 19.8 Å². The minimum Gasteiger partial charge on any atom is -0.497 e. The van der Waals surface area contributed by atoms with Gasteiger partial charge in [0, 0.05) is 12.5 Å². The maximum atomic E-state index is 11.2. The third-order valence-corrected chi connectivity index (χ3v) is 3.94. The Morgan fingerprint density at radius 1 is 1.44 bits per heavy atom. The van der Waals surface area contributed by atoms with Gasteiger partial charge in [-0.3, -0.25) is 0 Å². The van der Waals surface area contributed by atoms with Crippen molar-refractivity contribution in [1.82, 2.24) is 0 Å². The van der Waals surface area contributed by atoms with Gasteiger partial charge in [0.1, 0.15) is 12.0 Å². The molecular formula is C15H20O3. The van der Waals surface area contributed by atoms with Gasteiger partial charge in [0.15, 0.2) is 0 Å². The molecule has 0 radical (unpaired) electrons. The van der Waals surface area contributed by atoms with Crippen LogP contribution in [0.25, 0.3) is 0 Å². The second-order valence-corrected chi connectivity index (χ2v) is 5.25. The molecule has 0 N–H and O–H groups in total. The summed E-state index contributed by atoms with van der Waals surface area (Å²) in [4.78, 5) is 11.2. The second-order valence-electron chi connectivity index (χ2n) is 5.25. The standard InChI is InChI=1S/C15H20O3/c1-15(7-8-18-11-13(15)10-16)9-12-3-5-14(17-2)6-4-12/h3-6,10,13H,7-9,11H2,1-2H3. The van der Waals surface area contributed by atoms with Crippen LogP contribution >= 0.6 is 0 Å². The average Bonchev–Trinajstić information content (AvgIpc) is 2.40. The second kappa shape index (κ2) is 5.53. The van der Waals surface area contributed by atoms with Gasteiger partial charge in [-0.1, -0.05) is 19.1 Å². The Morgan fingerprint density at radius 3 is 2.78 bits per heavy atom. The number of ether oxygens (including phenoxy) is 2. The van der Waals surface area contributed by atoms with Crippen molar-refractivity contribution in [3.05, 3.63) is 29.8 Å². The highest BCUT2D eigenvalue weighted by molar-refractivity contribution is 5.55. The van der Waals surface area contributed by atoms with Gasteiger partial charge in [-0.2, -0.15) is 0 Å². The molecule has 18 heavy (non-hydrogen) atoms. The van der Waals surface area contributed by atoms with Gasteiger partial charge >= 0.3 is 0 Å². The molecule has 0 amide bonds. The Labute approximate surface area is 108 Å². The molecule has 0 aliphatic carbocycles. The quantitative estimate of drug-likeness (QED) is 0.768. The number of rotatable bonds is 4. The van der Waals surface area contributed by atoms with Crippen molar-refractivity contribution >= 4 is 6.29 Å². The van der Waals surface area contributed by atoms with E-state index in [-0.39, 0.29) is 11.3 Å². The van der Waals surface area contributed by atoms with Gasteiger partial charge in [0.25, 0.3) is 0 Å². The van der Waals surface area contributed by atoms with Crippen LogP contribution in [0.15, 0.2) is 24.3 Å². The van der Waals surface area contributed by atoms with E-state index in [0.29, 0.717) is 6.61 Å². The van der Waals surface area contributed by atoms with Crippen LogP contribution in [0.4, 0.5) is 0 Å². The van der Waals surface area contributed by atoms with E-state index >= 15 is 0 Å². The summed E-state index contributed by atoms with van der Waals surface area (Å²) in [6.45, 7) is 3.48. The van der Waals surface area contributed by atoms with Crippen LogP contribution in [0.1, 0.15) is 18.9 Å². The third-order valence-electron chi connectivity index (χ3n) is 3.94. The molecule has 1 aromatic rings. The molecule has 2 rings (SSSR count). The fraction of sp³-hybridized carbons (Fsp3) is 0.533. The van der Waals surface area contributed by atoms with Gasteiger partial charge in [-0.15, -0.1) is 0 Å². The van der Waals surface area contributed by atoms with E-state index in [1.54, 1.807) is 7.11 Å². The van der Waals surface area contributed by atoms with E-state index in [1.807, 2.05) is 12.1 Å². The predicted octanol–water partition coefficient (Wildman–Crippen LogP) is 2.48. The first-order valence-electron chi connectivity index (χ1n) is 6.34. The van der Waals surface area contributed by atoms with Gasteiger partial charge in [-0.05, 0) is 36.0 Å². The third kappa shape index (κ3) is 2.72. The molecule has 3 nitrogen and oxygen atoms in total. The largest absolute Gasteiger partial charge is 0.497 e. The average molecular weight is 248 g/mol. The van der Waals surface area contributed by atoms with Gasteiger partial charge in [0.2, 0.25) is 0 Å². The molecule has 2 unspecified atom stereocenters. The Balaban J connectivity index is 2.12. The highest BCUT2D eigenvalue weighted by Gasteiger charge is 2.37. The number of aldehydes is 1. The summed E-state index contributed by atoms with van der Waals surface area (Å²) in [6, 6.07) is 8.07. The van der Waals surface area contributed by atoms with E-state index in [9.17, 15) is 4.79 Å². The smallest absolute Gasteiger partial charge is 0.125 e. The number of methoxy groups -OCH3 is 1. The molecule has 1 aromatic carbocycles. The summed E-state index contributed by atoms with van der Waals surface area (Å²) in [5, 5.41) is 0. The van der Waals surface area contributed by atoms with Crippen LogP contribution in [0.5, 0.6) is 5.75 Å². The van der Waals surface area contributed by atoms with Gasteiger partial charge in [0.05, 0.1) is 13.7 Å². The van der Waals surface area contributed by atoms with E-state index in [1.165, 1.54) is 5.56 Å². The molecule has 0 bridgehead atoms. The van der Waals surface area contributed by atoms with Crippen LogP contribution in [0.2, 0.25) is 0 Å². The van der Waals surface area contributed by atoms with E-state index in [2.05, 4.69) is 19.1 Å². The predicted molar refractivity (Wildman–Crippen MR) is 69.8 cm³/mol. The maximum Gasteiger partial charge on any atom is 0.125 e. The lowest BCUT2D eigenvalue weighted by Gasteiger charge is -2.38. The van der Waals surface area contributed by atoms with Crippen molar-refractivity contribution in [3.63, 3.8) is 0 Å². The minimum atomic E-state index is -0.00616. The summed E-state index contributed by atoms with van der Waals surface area (Å²) in [5.74, 6) is 0.858. The maximum absolute atomic E-state index is 11.2. The van der Waals surface area contributed by atoms with E-state index in [0.717, 1.165) is 31.5 Å². The number of carbonyl (C=O) groups is 1.